The van der Waals surface area contributed by atoms with Gasteiger partial charge in [0.05, 0.1) is 0 Å². The van der Waals surface area contributed by atoms with E-state index in [1.54, 1.807) is 36.5 Å². The van der Waals surface area contributed by atoms with Crippen LogP contribution in [-0.2, 0) is 6.54 Å². The summed E-state index contributed by atoms with van der Waals surface area (Å²) in [5, 5.41) is 7.67. The number of hydrogen-bond acceptors (Lipinski definition) is 4. The molecule has 18 heavy (non-hydrogen) atoms. The lowest BCUT2D eigenvalue weighted by atomic mass is 10.2. The van der Waals surface area contributed by atoms with Crippen molar-refractivity contribution in [3.63, 3.8) is 0 Å². The van der Waals surface area contributed by atoms with Gasteiger partial charge in [0.25, 0.3) is 5.91 Å². The molecule has 2 heterocycles. The molecule has 2 aromatic heterocycles. The van der Waals surface area contributed by atoms with Crippen LogP contribution in [0.3, 0.4) is 0 Å². The van der Waals surface area contributed by atoms with Gasteiger partial charge in [-0.3, -0.25) is 9.78 Å². The first kappa shape index (κ1) is 12.4. The van der Waals surface area contributed by atoms with E-state index < -0.39 is 0 Å². The van der Waals surface area contributed by atoms with Gasteiger partial charge in [-0.25, -0.2) is 0 Å². The minimum absolute atomic E-state index is 0.198. The molecule has 0 saturated heterocycles. The average molecular weight is 263 g/mol. The van der Waals surface area contributed by atoms with Crippen molar-refractivity contribution in [3.8, 4) is 0 Å². The lowest BCUT2D eigenvalue weighted by Crippen LogP contribution is -2.27. The van der Waals surface area contributed by atoms with Crippen LogP contribution in [0.2, 0.25) is 5.15 Å². The van der Waals surface area contributed by atoms with Crippen LogP contribution >= 0.6 is 11.6 Å². The van der Waals surface area contributed by atoms with Crippen LogP contribution in [0.5, 0.6) is 0 Å². The fraction of sp³-hybridized carbons (Fsp3) is 0.167. The van der Waals surface area contributed by atoms with Gasteiger partial charge in [0.15, 0.2) is 10.8 Å². The summed E-state index contributed by atoms with van der Waals surface area (Å²) in [7, 11) is 1.71. The van der Waals surface area contributed by atoms with Crippen molar-refractivity contribution < 1.29 is 4.79 Å². The van der Waals surface area contributed by atoms with E-state index in [1.165, 1.54) is 0 Å². The predicted molar refractivity (Wildman–Crippen MR) is 67.1 cm³/mol. The zero-order valence-corrected chi connectivity index (χ0v) is 10.5. The number of aromatic nitrogens is 3. The molecule has 0 radical (unpaired) electrons. The lowest BCUT2D eigenvalue weighted by Gasteiger charge is -2.16. The molecule has 0 spiro atoms. The Kier molecular flexibility index (Phi) is 3.84. The Hall–Kier alpha value is -2.01. The number of carbonyl (C=O) groups is 1. The van der Waals surface area contributed by atoms with E-state index in [2.05, 4.69) is 15.2 Å². The Morgan fingerprint density at radius 2 is 1.94 bits per heavy atom. The number of halogens is 1. The Bertz CT molecular complexity index is 530. The van der Waals surface area contributed by atoms with E-state index in [9.17, 15) is 4.79 Å². The average Bonchev–Trinajstić information content (AvgIpc) is 2.40. The minimum Gasteiger partial charge on any atom is -0.336 e. The van der Waals surface area contributed by atoms with Crippen molar-refractivity contribution in [2.45, 2.75) is 6.54 Å². The minimum atomic E-state index is -0.198. The molecule has 0 bridgehead atoms. The Morgan fingerprint density at radius 1 is 1.22 bits per heavy atom. The highest BCUT2D eigenvalue weighted by Crippen LogP contribution is 2.07. The molecule has 0 unspecified atom stereocenters. The molecule has 0 saturated carbocycles. The fourth-order valence-corrected chi connectivity index (χ4v) is 1.56. The van der Waals surface area contributed by atoms with Gasteiger partial charge in [-0.05, 0) is 29.8 Å². The topological polar surface area (TPSA) is 59.0 Å². The third-order valence-corrected chi connectivity index (χ3v) is 2.57. The summed E-state index contributed by atoms with van der Waals surface area (Å²) in [5.41, 5.74) is 1.28. The third kappa shape index (κ3) is 3.01. The van der Waals surface area contributed by atoms with E-state index in [-0.39, 0.29) is 16.8 Å². The predicted octanol–water partition coefficient (Wildman–Crippen LogP) is 1.80. The summed E-state index contributed by atoms with van der Waals surface area (Å²) in [6.45, 7) is 0.492. The highest BCUT2D eigenvalue weighted by Gasteiger charge is 2.13. The fourth-order valence-electron chi connectivity index (χ4n) is 1.46. The number of hydrogen-bond donors (Lipinski definition) is 0. The molecule has 0 N–H and O–H groups in total. The second-order valence-electron chi connectivity index (χ2n) is 3.76. The van der Waals surface area contributed by atoms with Crippen LogP contribution < -0.4 is 0 Å². The number of amides is 1. The summed E-state index contributed by atoms with van der Waals surface area (Å²) in [6.07, 6.45) is 3.38. The van der Waals surface area contributed by atoms with Gasteiger partial charge in [-0.2, -0.15) is 0 Å². The largest absolute Gasteiger partial charge is 0.336 e. The van der Waals surface area contributed by atoms with Crippen molar-refractivity contribution in [1.82, 2.24) is 20.1 Å². The maximum Gasteiger partial charge on any atom is 0.274 e. The monoisotopic (exact) mass is 262 g/mol. The molecule has 5 nitrogen and oxygen atoms in total. The summed E-state index contributed by atoms with van der Waals surface area (Å²) in [6, 6.07) is 6.82. The van der Waals surface area contributed by atoms with Crippen LogP contribution in [0.1, 0.15) is 16.1 Å². The number of pyridine rings is 1. The van der Waals surface area contributed by atoms with Gasteiger partial charge in [-0.1, -0.05) is 11.6 Å². The van der Waals surface area contributed by atoms with E-state index >= 15 is 0 Å². The van der Waals surface area contributed by atoms with Gasteiger partial charge in [0.2, 0.25) is 0 Å². The smallest absolute Gasteiger partial charge is 0.274 e. The molecule has 1 amide bonds. The van der Waals surface area contributed by atoms with Crippen molar-refractivity contribution >= 4 is 17.5 Å². The van der Waals surface area contributed by atoms with Crippen molar-refractivity contribution in [3.05, 3.63) is 53.1 Å². The summed E-state index contributed by atoms with van der Waals surface area (Å²) < 4.78 is 0. The SMILES string of the molecule is CN(Cc1ccncc1)C(=O)c1ccc(Cl)nn1. The highest BCUT2D eigenvalue weighted by atomic mass is 35.5. The molecule has 2 aromatic rings. The van der Waals surface area contributed by atoms with Crippen molar-refractivity contribution in [2.24, 2.45) is 0 Å². The van der Waals surface area contributed by atoms with Gasteiger partial charge < -0.3 is 4.90 Å². The first-order chi connectivity index (χ1) is 8.66. The molecule has 0 atom stereocenters. The van der Waals surface area contributed by atoms with Crippen LogP contribution in [0.15, 0.2) is 36.7 Å². The highest BCUT2D eigenvalue weighted by molar-refractivity contribution is 6.29. The number of carbonyl (C=O) groups excluding carboxylic acids is 1. The first-order valence-corrected chi connectivity index (χ1v) is 5.68. The molecule has 0 aromatic carbocycles. The second kappa shape index (κ2) is 5.55. The molecular weight excluding hydrogens is 252 g/mol. The van der Waals surface area contributed by atoms with Crippen molar-refractivity contribution in [2.75, 3.05) is 7.05 Å². The number of nitrogens with zero attached hydrogens (tertiary/aromatic N) is 4. The van der Waals surface area contributed by atoms with Gasteiger partial charge in [0, 0.05) is 26.0 Å². The van der Waals surface area contributed by atoms with E-state index in [0.29, 0.717) is 6.54 Å². The Balaban J connectivity index is 2.07. The normalized spacial score (nSPS) is 10.1. The molecular formula is C12H11ClN4O. The lowest BCUT2D eigenvalue weighted by molar-refractivity contribution is 0.0778. The molecule has 0 fully saturated rings. The molecule has 0 aliphatic heterocycles. The molecule has 6 heteroatoms. The van der Waals surface area contributed by atoms with Crippen LogP contribution in [0.25, 0.3) is 0 Å². The van der Waals surface area contributed by atoms with Gasteiger partial charge >= 0.3 is 0 Å². The standard InChI is InChI=1S/C12H11ClN4O/c1-17(8-9-4-6-14-7-5-9)12(18)10-2-3-11(13)16-15-10/h2-7H,8H2,1H3. The van der Waals surface area contributed by atoms with Gasteiger partial charge in [0.1, 0.15) is 0 Å². The Labute approximate surface area is 109 Å². The van der Waals surface area contributed by atoms with Crippen LogP contribution in [0.4, 0.5) is 0 Å². The van der Waals surface area contributed by atoms with Crippen LogP contribution in [0, 0.1) is 0 Å². The van der Waals surface area contributed by atoms with Crippen molar-refractivity contribution in [1.29, 1.82) is 0 Å². The van der Waals surface area contributed by atoms with E-state index in [4.69, 9.17) is 11.6 Å². The maximum absolute atomic E-state index is 12.0. The zero-order chi connectivity index (χ0) is 13.0. The van der Waals surface area contributed by atoms with Gasteiger partial charge in [-0.15, -0.1) is 10.2 Å². The van der Waals surface area contributed by atoms with E-state index in [0.717, 1.165) is 5.56 Å². The zero-order valence-electron chi connectivity index (χ0n) is 9.75. The Morgan fingerprint density at radius 3 is 2.56 bits per heavy atom. The summed E-state index contributed by atoms with van der Waals surface area (Å²) >= 11 is 5.62. The van der Waals surface area contributed by atoms with E-state index in [1.807, 2.05) is 12.1 Å². The summed E-state index contributed by atoms with van der Waals surface area (Å²) in [5.74, 6) is -0.198. The second-order valence-corrected chi connectivity index (χ2v) is 4.15. The molecule has 92 valence electrons. The quantitative estimate of drug-likeness (QED) is 0.846. The maximum atomic E-state index is 12.0. The molecule has 2 rings (SSSR count). The van der Waals surface area contributed by atoms with Crippen LogP contribution in [-0.4, -0.2) is 33.0 Å². The summed E-state index contributed by atoms with van der Waals surface area (Å²) in [4.78, 5) is 17.5. The number of rotatable bonds is 3. The molecule has 0 aliphatic carbocycles. The third-order valence-electron chi connectivity index (χ3n) is 2.37. The molecule has 0 aliphatic rings. The first-order valence-electron chi connectivity index (χ1n) is 5.30.